The summed E-state index contributed by atoms with van der Waals surface area (Å²) >= 11 is 1.40. The van der Waals surface area contributed by atoms with E-state index in [2.05, 4.69) is 37.1 Å². The van der Waals surface area contributed by atoms with Gasteiger partial charge in [-0.15, -0.1) is 0 Å². The summed E-state index contributed by atoms with van der Waals surface area (Å²) in [4.78, 5) is 0. The first-order chi connectivity index (χ1) is 5.15. The molecule has 0 spiro atoms. The molecule has 0 aliphatic carbocycles. The summed E-state index contributed by atoms with van der Waals surface area (Å²) in [5.74, 6) is 0. The topological polar surface area (TPSA) is 0 Å². The number of hydrogen-bond donors (Lipinski definition) is 0. The molecule has 0 aliphatic rings. The molecule has 0 heterocycles. The third-order valence-corrected chi connectivity index (χ3v) is 2.51. The molecule has 1 aromatic rings. The van der Waals surface area contributed by atoms with E-state index < -0.39 is 0 Å². The summed E-state index contributed by atoms with van der Waals surface area (Å²) in [6, 6.07) is 4.41. The monoisotopic (exact) mass is 315 g/mol. The van der Waals surface area contributed by atoms with Crippen LogP contribution in [0.5, 0.6) is 0 Å². The van der Waals surface area contributed by atoms with E-state index in [-0.39, 0.29) is 0 Å². The molecular weight excluding hydrogens is 304 g/mol. The molecule has 0 bridgehead atoms. The molecule has 0 aromatic heterocycles. The van der Waals surface area contributed by atoms with Crippen molar-refractivity contribution in [1.29, 1.82) is 0 Å². The van der Waals surface area contributed by atoms with Gasteiger partial charge in [-0.1, -0.05) is 0 Å². The summed E-state index contributed by atoms with van der Waals surface area (Å²) < 4.78 is 3.27. The Kier molecular flexibility index (Phi) is 2.71. The fourth-order valence-corrected chi connectivity index (χ4v) is 2.50. The molecule has 1 aromatic carbocycles. The zero-order valence-electron chi connectivity index (χ0n) is 7.06. The SMILES string of the molecule is Cc1cc(C)c([C]#[W])c(C)c1. The molecule has 0 aliphatic heterocycles. The van der Waals surface area contributed by atoms with E-state index in [1.807, 2.05) is 0 Å². The van der Waals surface area contributed by atoms with Crippen molar-refractivity contribution in [1.82, 2.24) is 0 Å². The van der Waals surface area contributed by atoms with E-state index in [9.17, 15) is 0 Å². The molecule has 0 nitrogen and oxygen atoms in total. The second-order valence-electron chi connectivity index (χ2n) is 2.88. The van der Waals surface area contributed by atoms with Crippen LogP contribution in [0.3, 0.4) is 0 Å². The molecule has 0 fully saturated rings. The van der Waals surface area contributed by atoms with Crippen LogP contribution in [0.25, 0.3) is 0 Å². The number of rotatable bonds is 0. The van der Waals surface area contributed by atoms with E-state index in [0.717, 1.165) is 0 Å². The van der Waals surface area contributed by atoms with E-state index >= 15 is 0 Å². The quantitative estimate of drug-likeness (QED) is 0.690. The van der Waals surface area contributed by atoms with Gasteiger partial charge in [0.15, 0.2) is 0 Å². The van der Waals surface area contributed by atoms with Crippen molar-refractivity contribution in [3.05, 3.63) is 34.4 Å². The zero-order valence-corrected chi connectivity index (χ0v) is 10.00. The van der Waals surface area contributed by atoms with Crippen LogP contribution in [0.15, 0.2) is 12.1 Å². The van der Waals surface area contributed by atoms with Crippen molar-refractivity contribution in [2.75, 3.05) is 0 Å². The average molecular weight is 315 g/mol. The van der Waals surface area contributed by atoms with Gasteiger partial charge in [0.1, 0.15) is 0 Å². The van der Waals surface area contributed by atoms with Crippen molar-refractivity contribution in [3.8, 4) is 4.20 Å². The summed E-state index contributed by atoms with van der Waals surface area (Å²) in [5.41, 5.74) is 5.33. The summed E-state index contributed by atoms with van der Waals surface area (Å²) in [5, 5.41) is 0. The normalized spacial score (nSPS) is 9.27. The van der Waals surface area contributed by atoms with E-state index in [1.54, 1.807) is 0 Å². The van der Waals surface area contributed by atoms with Gasteiger partial charge in [-0.2, -0.15) is 0 Å². The van der Waals surface area contributed by atoms with Crippen molar-refractivity contribution in [2.45, 2.75) is 20.8 Å². The Balaban J connectivity index is 3.40. The van der Waals surface area contributed by atoms with Crippen molar-refractivity contribution in [2.24, 2.45) is 0 Å². The molecular formula is C10H11W. The van der Waals surface area contributed by atoms with Gasteiger partial charge in [-0.3, -0.25) is 0 Å². The molecule has 57 valence electrons. The standard InChI is InChI=1S/C10H11.W/c1-7-5-8(2)10(4)9(3)6-7;/h5-6H,1-3H3;. The Bertz CT molecular complexity index is 295. The van der Waals surface area contributed by atoms with Gasteiger partial charge in [0.2, 0.25) is 0 Å². The third-order valence-electron chi connectivity index (χ3n) is 1.78. The molecule has 1 rings (SSSR count). The van der Waals surface area contributed by atoms with E-state index in [4.69, 9.17) is 0 Å². The first kappa shape index (κ1) is 8.78. The van der Waals surface area contributed by atoms with Gasteiger partial charge in [-0.05, 0) is 0 Å². The Labute approximate surface area is 78.6 Å². The minimum absolute atomic E-state index is 1.30. The minimum atomic E-state index is 1.30. The first-order valence-corrected chi connectivity index (χ1v) is 5.08. The first-order valence-electron chi connectivity index (χ1n) is 3.61. The van der Waals surface area contributed by atoms with Gasteiger partial charge in [0, 0.05) is 0 Å². The molecule has 0 radical (unpaired) electrons. The van der Waals surface area contributed by atoms with Gasteiger partial charge in [0.25, 0.3) is 0 Å². The Hall–Kier alpha value is -0.312. The molecule has 0 saturated heterocycles. The predicted molar refractivity (Wildman–Crippen MR) is 43.6 cm³/mol. The van der Waals surface area contributed by atoms with E-state index in [1.165, 1.54) is 41.4 Å². The van der Waals surface area contributed by atoms with Crippen molar-refractivity contribution >= 4 is 0 Å². The molecule has 1 heteroatoms. The number of benzene rings is 1. The zero-order chi connectivity index (χ0) is 8.43. The summed E-state index contributed by atoms with van der Waals surface area (Å²) in [7, 11) is 0. The van der Waals surface area contributed by atoms with Gasteiger partial charge in [0.05, 0.1) is 0 Å². The molecule has 0 unspecified atom stereocenters. The summed E-state index contributed by atoms with van der Waals surface area (Å²) in [6.45, 7) is 6.42. The van der Waals surface area contributed by atoms with Crippen LogP contribution >= 0.6 is 0 Å². The van der Waals surface area contributed by atoms with Crippen molar-refractivity contribution < 1.29 is 19.2 Å². The maximum atomic E-state index is 3.27. The molecule has 0 amide bonds. The Morgan fingerprint density at radius 1 is 1.09 bits per heavy atom. The van der Waals surface area contributed by atoms with Crippen LogP contribution in [-0.4, -0.2) is 0 Å². The second kappa shape index (κ2) is 3.39. The number of aryl methyl sites for hydroxylation is 3. The van der Waals surface area contributed by atoms with Crippen LogP contribution < -0.4 is 0 Å². The summed E-state index contributed by atoms with van der Waals surface area (Å²) in [6.07, 6.45) is 0. The molecule has 0 atom stereocenters. The van der Waals surface area contributed by atoms with Crippen LogP contribution in [0, 0.1) is 25.0 Å². The van der Waals surface area contributed by atoms with Gasteiger partial charge < -0.3 is 0 Å². The van der Waals surface area contributed by atoms with Crippen LogP contribution in [0.2, 0.25) is 0 Å². The Morgan fingerprint density at radius 2 is 1.55 bits per heavy atom. The van der Waals surface area contributed by atoms with Gasteiger partial charge >= 0.3 is 78.5 Å². The van der Waals surface area contributed by atoms with Crippen molar-refractivity contribution in [3.63, 3.8) is 0 Å². The number of hydrogen-bond acceptors (Lipinski definition) is 0. The maximum absolute atomic E-state index is 3.27. The predicted octanol–water partition coefficient (Wildman–Crippen LogP) is 2.47. The molecule has 11 heavy (non-hydrogen) atoms. The molecule has 0 saturated carbocycles. The van der Waals surface area contributed by atoms with Crippen LogP contribution in [0.4, 0.5) is 0 Å². The third kappa shape index (κ3) is 1.83. The average Bonchev–Trinajstić information content (AvgIpc) is 1.85. The molecule has 0 N–H and O–H groups in total. The van der Waals surface area contributed by atoms with Crippen LogP contribution in [-0.2, 0) is 19.2 Å². The Morgan fingerprint density at radius 3 is 1.91 bits per heavy atom. The second-order valence-corrected chi connectivity index (χ2v) is 3.61. The fourth-order valence-electron chi connectivity index (χ4n) is 1.34. The fraction of sp³-hybridized carbons (Fsp3) is 0.300. The van der Waals surface area contributed by atoms with Crippen LogP contribution in [0.1, 0.15) is 22.3 Å². The van der Waals surface area contributed by atoms with E-state index in [0.29, 0.717) is 0 Å². The van der Waals surface area contributed by atoms with Gasteiger partial charge in [-0.25, -0.2) is 0 Å².